The number of rotatable bonds is 4. The van der Waals surface area contributed by atoms with Gasteiger partial charge >= 0.3 is 0 Å². The van der Waals surface area contributed by atoms with Crippen molar-refractivity contribution in [3.05, 3.63) is 59.0 Å². The van der Waals surface area contributed by atoms with Gasteiger partial charge in [-0.2, -0.15) is 0 Å². The molecule has 0 unspecified atom stereocenters. The number of carbonyl (C=O) groups is 1. The molecule has 1 amide bonds. The first kappa shape index (κ1) is 16.0. The van der Waals surface area contributed by atoms with Gasteiger partial charge in [-0.25, -0.2) is 0 Å². The Morgan fingerprint density at radius 3 is 2.84 bits per heavy atom. The van der Waals surface area contributed by atoms with Crippen LogP contribution in [0.25, 0.3) is 10.1 Å². The van der Waals surface area contributed by atoms with E-state index in [1.165, 1.54) is 15.6 Å². The van der Waals surface area contributed by atoms with Gasteiger partial charge in [-0.15, -0.1) is 11.3 Å². The summed E-state index contributed by atoms with van der Waals surface area (Å²) in [4.78, 5) is 12.4. The normalized spacial score (nSPS) is 13.4. The Kier molecular flexibility index (Phi) is 4.57. The molecule has 25 heavy (non-hydrogen) atoms. The van der Waals surface area contributed by atoms with Crippen LogP contribution in [-0.2, 0) is 6.42 Å². The summed E-state index contributed by atoms with van der Waals surface area (Å²) >= 11 is 1.74. The van der Waals surface area contributed by atoms with E-state index < -0.39 is 0 Å². The van der Waals surface area contributed by atoms with Crippen molar-refractivity contribution in [1.82, 2.24) is 5.32 Å². The number of nitrogens with one attached hydrogen (secondary N) is 1. The first-order valence-corrected chi connectivity index (χ1v) is 9.32. The quantitative estimate of drug-likeness (QED) is 0.770. The van der Waals surface area contributed by atoms with Crippen LogP contribution < -0.4 is 14.8 Å². The van der Waals surface area contributed by atoms with Gasteiger partial charge in [0.25, 0.3) is 5.91 Å². The van der Waals surface area contributed by atoms with Gasteiger partial charge in [-0.05, 0) is 47.0 Å². The van der Waals surface area contributed by atoms with E-state index in [1.54, 1.807) is 23.5 Å². The fourth-order valence-corrected chi connectivity index (χ4v) is 3.94. The molecule has 4 rings (SSSR count). The molecule has 0 saturated carbocycles. The molecule has 0 aliphatic carbocycles. The average Bonchev–Trinajstić information content (AvgIpc) is 2.90. The fourth-order valence-electron chi connectivity index (χ4n) is 2.94. The number of hydrogen-bond donors (Lipinski definition) is 1. The predicted octanol–water partition coefficient (Wildman–Crippen LogP) is 4.04. The van der Waals surface area contributed by atoms with Crippen molar-refractivity contribution in [2.75, 3.05) is 19.8 Å². The third-order valence-corrected chi connectivity index (χ3v) is 5.26. The molecular formula is C20H19NO3S. The standard InChI is InChI=1S/C20H19NO3S/c22-20(14-6-7-17-18(12-14)24-11-3-10-23-17)21-9-8-15-13-25-19-5-2-1-4-16(15)19/h1-2,4-7,12-13H,3,8-11H2,(H,21,22). The molecule has 1 aliphatic heterocycles. The van der Waals surface area contributed by atoms with Gasteiger partial charge < -0.3 is 14.8 Å². The molecule has 0 saturated heterocycles. The molecule has 2 aromatic carbocycles. The van der Waals surface area contributed by atoms with E-state index >= 15 is 0 Å². The monoisotopic (exact) mass is 353 g/mol. The van der Waals surface area contributed by atoms with Crippen LogP contribution in [0, 0.1) is 0 Å². The zero-order valence-electron chi connectivity index (χ0n) is 13.8. The summed E-state index contributed by atoms with van der Waals surface area (Å²) in [5, 5.41) is 6.44. The number of thiophene rings is 1. The molecule has 1 N–H and O–H groups in total. The third kappa shape index (κ3) is 3.46. The summed E-state index contributed by atoms with van der Waals surface area (Å²) in [5.41, 5.74) is 1.87. The maximum atomic E-state index is 12.4. The van der Waals surface area contributed by atoms with Gasteiger partial charge in [-0.3, -0.25) is 4.79 Å². The highest BCUT2D eigenvalue weighted by atomic mass is 32.1. The van der Waals surface area contributed by atoms with Crippen molar-refractivity contribution in [3.8, 4) is 11.5 Å². The second-order valence-corrected chi connectivity index (χ2v) is 6.89. The van der Waals surface area contributed by atoms with E-state index in [-0.39, 0.29) is 5.91 Å². The molecule has 0 fully saturated rings. The van der Waals surface area contributed by atoms with E-state index in [9.17, 15) is 4.79 Å². The van der Waals surface area contributed by atoms with Gasteiger partial charge in [-0.1, -0.05) is 18.2 Å². The van der Waals surface area contributed by atoms with Crippen LogP contribution in [0.5, 0.6) is 11.5 Å². The summed E-state index contributed by atoms with van der Waals surface area (Å²) in [7, 11) is 0. The van der Waals surface area contributed by atoms with Gasteiger partial charge in [0.2, 0.25) is 0 Å². The second kappa shape index (κ2) is 7.15. The lowest BCUT2D eigenvalue weighted by Gasteiger charge is -2.10. The summed E-state index contributed by atoms with van der Waals surface area (Å²) in [6.07, 6.45) is 1.67. The summed E-state index contributed by atoms with van der Waals surface area (Å²) in [6.45, 7) is 1.87. The topological polar surface area (TPSA) is 47.6 Å². The lowest BCUT2D eigenvalue weighted by atomic mass is 10.1. The predicted molar refractivity (Wildman–Crippen MR) is 99.9 cm³/mol. The van der Waals surface area contributed by atoms with Crippen LogP contribution in [0.1, 0.15) is 22.3 Å². The Hall–Kier alpha value is -2.53. The minimum atomic E-state index is -0.0878. The maximum Gasteiger partial charge on any atom is 0.251 e. The molecule has 0 radical (unpaired) electrons. The zero-order chi connectivity index (χ0) is 17.1. The molecule has 2 heterocycles. The Labute approximate surface area is 150 Å². The second-order valence-electron chi connectivity index (χ2n) is 5.97. The van der Waals surface area contributed by atoms with E-state index in [0.717, 1.165) is 12.8 Å². The Balaban J connectivity index is 1.40. The molecule has 0 atom stereocenters. The molecule has 3 aromatic rings. The average molecular weight is 353 g/mol. The SMILES string of the molecule is O=C(NCCc1csc2ccccc12)c1ccc2c(c1)OCCCO2. The Bertz CT molecular complexity index is 903. The lowest BCUT2D eigenvalue weighted by Crippen LogP contribution is -2.25. The number of fused-ring (bicyclic) bond motifs is 2. The van der Waals surface area contributed by atoms with Gasteiger partial charge in [0.1, 0.15) is 0 Å². The minimum Gasteiger partial charge on any atom is -0.490 e. The van der Waals surface area contributed by atoms with Crippen LogP contribution in [0.4, 0.5) is 0 Å². The van der Waals surface area contributed by atoms with Gasteiger partial charge in [0, 0.05) is 23.2 Å². The van der Waals surface area contributed by atoms with Gasteiger partial charge in [0.05, 0.1) is 13.2 Å². The third-order valence-electron chi connectivity index (χ3n) is 4.25. The van der Waals surface area contributed by atoms with Gasteiger partial charge in [0.15, 0.2) is 11.5 Å². The van der Waals surface area contributed by atoms with Crippen molar-refractivity contribution in [3.63, 3.8) is 0 Å². The maximum absolute atomic E-state index is 12.4. The summed E-state index contributed by atoms with van der Waals surface area (Å²) < 4.78 is 12.5. The van der Waals surface area contributed by atoms with Crippen molar-refractivity contribution < 1.29 is 14.3 Å². The molecule has 1 aliphatic rings. The van der Waals surface area contributed by atoms with E-state index in [4.69, 9.17) is 9.47 Å². The van der Waals surface area contributed by atoms with E-state index in [2.05, 4.69) is 35.0 Å². The van der Waals surface area contributed by atoms with E-state index in [1.807, 2.05) is 6.07 Å². The first-order chi connectivity index (χ1) is 12.3. The fraction of sp³-hybridized carbons (Fsp3) is 0.250. The lowest BCUT2D eigenvalue weighted by molar-refractivity contribution is 0.0953. The summed E-state index contributed by atoms with van der Waals surface area (Å²) in [5.74, 6) is 1.27. The van der Waals surface area contributed by atoms with Crippen molar-refractivity contribution in [2.24, 2.45) is 0 Å². The van der Waals surface area contributed by atoms with E-state index in [0.29, 0.717) is 36.8 Å². The Morgan fingerprint density at radius 2 is 1.92 bits per heavy atom. The highest BCUT2D eigenvalue weighted by Gasteiger charge is 2.14. The highest BCUT2D eigenvalue weighted by Crippen LogP contribution is 2.30. The van der Waals surface area contributed by atoms with Crippen LogP contribution in [-0.4, -0.2) is 25.7 Å². The zero-order valence-corrected chi connectivity index (χ0v) is 14.6. The number of amides is 1. The largest absolute Gasteiger partial charge is 0.490 e. The minimum absolute atomic E-state index is 0.0878. The molecule has 4 nitrogen and oxygen atoms in total. The van der Waals surface area contributed by atoms with Crippen LogP contribution in [0.3, 0.4) is 0 Å². The molecule has 0 spiro atoms. The van der Waals surface area contributed by atoms with Crippen molar-refractivity contribution >= 4 is 27.3 Å². The molecule has 0 bridgehead atoms. The smallest absolute Gasteiger partial charge is 0.251 e. The molecule has 5 heteroatoms. The number of benzene rings is 2. The Morgan fingerprint density at radius 1 is 1.08 bits per heavy atom. The first-order valence-electron chi connectivity index (χ1n) is 8.44. The van der Waals surface area contributed by atoms with Crippen LogP contribution >= 0.6 is 11.3 Å². The number of ether oxygens (including phenoxy) is 2. The number of hydrogen-bond acceptors (Lipinski definition) is 4. The van der Waals surface area contributed by atoms with Crippen LogP contribution in [0.15, 0.2) is 47.8 Å². The molecule has 1 aromatic heterocycles. The summed E-state index contributed by atoms with van der Waals surface area (Å²) in [6, 6.07) is 13.7. The molecule has 128 valence electrons. The van der Waals surface area contributed by atoms with Crippen molar-refractivity contribution in [1.29, 1.82) is 0 Å². The molecular weight excluding hydrogens is 334 g/mol. The van der Waals surface area contributed by atoms with Crippen LogP contribution in [0.2, 0.25) is 0 Å². The highest BCUT2D eigenvalue weighted by molar-refractivity contribution is 7.17. The van der Waals surface area contributed by atoms with Crippen molar-refractivity contribution in [2.45, 2.75) is 12.8 Å². The number of carbonyl (C=O) groups excluding carboxylic acids is 1.